The smallest absolute Gasteiger partial charge is 0.407 e. The lowest BCUT2D eigenvalue weighted by Gasteiger charge is -2.26. The van der Waals surface area contributed by atoms with E-state index < -0.39 is 35.1 Å². The number of hydrogen-bond acceptors (Lipinski definition) is 6. The molecule has 0 aromatic heterocycles. The molecule has 0 bridgehead atoms. The van der Waals surface area contributed by atoms with Crippen LogP contribution in [0.25, 0.3) is 0 Å². The molecule has 0 aliphatic carbocycles. The fraction of sp³-hybridized carbons (Fsp3) is 0.591. The molecule has 1 unspecified atom stereocenters. The first kappa shape index (κ1) is 26.4. The van der Waals surface area contributed by atoms with Crippen LogP contribution in [0.15, 0.2) is 24.3 Å². The van der Waals surface area contributed by atoms with Crippen LogP contribution < -0.4 is 15.4 Å². The number of rotatable bonds is 11. The van der Waals surface area contributed by atoms with E-state index in [9.17, 15) is 18.8 Å². The molecular weight excluding hydrogens is 407 g/mol. The number of alkyl carbamates (subject to hydrolysis) is 1. The number of carbonyl (C=O) groups is 3. The number of carbonyl (C=O) groups excluding carboxylic acids is 3. The summed E-state index contributed by atoms with van der Waals surface area (Å²) < 4.78 is 28.7. The monoisotopic (exact) mass is 440 g/mol. The van der Waals surface area contributed by atoms with Crippen molar-refractivity contribution in [1.29, 1.82) is 0 Å². The zero-order chi connectivity index (χ0) is 23.7. The molecule has 8 nitrogen and oxygen atoms in total. The average Bonchev–Trinajstić information content (AvgIpc) is 2.68. The molecule has 0 spiro atoms. The highest BCUT2D eigenvalue weighted by Gasteiger charge is 2.31. The van der Waals surface area contributed by atoms with Crippen LogP contribution in [-0.2, 0) is 19.1 Å². The zero-order valence-corrected chi connectivity index (χ0v) is 19.0. The minimum absolute atomic E-state index is 0.265. The number of nitrogens with one attached hydrogen (secondary N) is 2. The molecule has 9 heteroatoms. The summed E-state index contributed by atoms with van der Waals surface area (Å²) in [6, 6.07) is 4.43. The Morgan fingerprint density at radius 3 is 2.23 bits per heavy atom. The number of halogens is 1. The first-order chi connectivity index (χ1) is 14.3. The van der Waals surface area contributed by atoms with Crippen molar-refractivity contribution >= 4 is 17.8 Å². The van der Waals surface area contributed by atoms with Crippen molar-refractivity contribution in [3.05, 3.63) is 30.1 Å². The maximum atomic E-state index is 13.0. The fourth-order valence-corrected chi connectivity index (χ4v) is 2.34. The lowest BCUT2D eigenvalue weighted by atomic mass is 10.0. The quantitative estimate of drug-likeness (QED) is 0.513. The summed E-state index contributed by atoms with van der Waals surface area (Å²) in [6.45, 7) is 8.41. The van der Waals surface area contributed by atoms with E-state index in [1.807, 2.05) is 0 Å². The number of ketones is 1. The largest absolute Gasteiger partial charge is 0.486 e. The minimum atomic E-state index is -1.12. The van der Waals surface area contributed by atoms with Gasteiger partial charge in [0.15, 0.2) is 5.78 Å². The van der Waals surface area contributed by atoms with Crippen LogP contribution in [0.4, 0.5) is 9.18 Å². The van der Waals surface area contributed by atoms with Gasteiger partial charge < -0.3 is 24.8 Å². The number of Topliss-reactive ketones (excluding diaryl/α,β-unsaturated/α-hetero) is 1. The molecule has 1 atom stereocenters. The van der Waals surface area contributed by atoms with Crippen LogP contribution in [0.2, 0.25) is 0 Å². The SMILES string of the molecule is COC(C)(C)C(=O)NC(CCCNC(=O)OC(C)(C)C)C(=O)COc1ccc(F)cc1. The molecule has 0 fully saturated rings. The van der Waals surface area contributed by atoms with E-state index in [-0.39, 0.29) is 25.4 Å². The Hall–Kier alpha value is -2.68. The molecule has 0 aliphatic rings. The summed E-state index contributed by atoms with van der Waals surface area (Å²) in [5, 5.41) is 5.30. The van der Waals surface area contributed by atoms with E-state index >= 15 is 0 Å². The number of hydrogen-bond donors (Lipinski definition) is 2. The van der Waals surface area contributed by atoms with Crippen molar-refractivity contribution in [2.75, 3.05) is 20.3 Å². The highest BCUT2D eigenvalue weighted by atomic mass is 19.1. The Morgan fingerprint density at radius 2 is 1.68 bits per heavy atom. The Morgan fingerprint density at radius 1 is 1.06 bits per heavy atom. The fourth-order valence-electron chi connectivity index (χ4n) is 2.34. The topological polar surface area (TPSA) is 103 Å². The number of methoxy groups -OCH3 is 1. The molecular formula is C22H33FN2O6. The summed E-state index contributed by atoms with van der Waals surface area (Å²) in [4.78, 5) is 36.9. The van der Waals surface area contributed by atoms with Gasteiger partial charge in [-0.3, -0.25) is 9.59 Å². The summed E-state index contributed by atoms with van der Waals surface area (Å²) in [6.07, 6.45) is 0.131. The molecule has 0 saturated heterocycles. The summed E-state index contributed by atoms with van der Waals surface area (Å²) >= 11 is 0. The van der Waals surface area contributed by atoms with Gasteiger partial charge >= 0.3 is 6.09 Å². The van der Waals surface area contributed by atoms with Gasteiger partial charge in [0, 0.05) is 13.7 Å². The highest BCUT2D eigenvalue weighted by Crippen LogP contribution is 2.13. The second kappa shape index (κ2) is 11.6. The Kier molecular flexibility index (Phi) is 9.90. The van der Waals surface area contributed by atoms with Gasteiger partial charge in [0.1, 0.15) is 29.4 Å². The zero-order valence-electron chi connectivity index (χ0n) is 19.0. The van der Waals surface area contributed by atoms with Crippen LogP contribution in [0.5, 0.6) is 5.75 Å². The van der Waals surface area contributed by atoms with Gasteiger partial charge in [-0.15, -0.1) is 0 Å². The van der Waals surface area contributed by atoms with Gasteiger partial charge in [-0.1, -0.05) is 0 Å². The molecule has 0 heterocycles. The van der Waals surface area contributed by atoms with Crippen LogP contribution in [0.1, 0.15) is 47.5 Å². The predicted octanol–water partition coefficient (Wildman–Crippen LogP) is 2.99. The lowest BCUT2D eigenvalue weighted by molar-refractivity contribution is -0.142. The van der Waals surface area contributed by atoms with Crippen LogP contribution in [-0.4, -0.2) is 55.3 Å². The Labute approximate surface area is 182 Å². The number of amides is 2. The van der Waals surface area contributed by atoms with E-state index in [1.165, 1.54) is 31.4 Å². The maximum absolute atomic E-state index is 13.0. The molecule has 1 aromatic carbocycles. The van der Waals surface area contributed by atoms with Gasteiger partial charge in [0.2, 0.25) is 0 Å². The van der Waals surface area contributed by atoms with Crippen molar-refractivity contribution in [3.63, 3.8) is 0 Å². The third-order valence-corrected chi connectivity index (χ3v) is 4.28. The second-order valence-electron chi connectivity index (χ2n) is 8.52. The van der Waals surface area contributed by atoms with Crippen LogP contribution >= 0.6 is 0 Å². The van der Waals surface area contributed by atoms with E-state index in [2.05, 4.69) is 10.6 Å². The number of ether oxygens (including phenoxy) is 3. The standard InChI is InChI=1S/C22H33FN2O6/c1-21(2,3)31-20(28)24-13-7-8-17(25-19(27)22(4,5)29-6)18(26)14-30-16-11-9-15(23)10-12-16/h9-12,17H,7-8,13-14H2,1-6H3,(H,24,28)(H,25,27). The molecule has 1 rings (SSSR count). The van der Waals surface area contributed by atoms with Crippen molar-refractivity contribution in [2.24, 2.45) is 0 Å². The van der Waals surface area contributed by atoms with Crippen LogP contribution in [0, 0.1) is 5.82 Å². The van der Waals surface area contributed by atoms with Gasteiger partial charge in [-0.2, -0.15) is 0 Å². The first-order valence-electron chi connectivity index (χ1n) is 10.1. The molecule has 174 valence electrons. The second-order valence-corrected chi connectivity index (χ2v) is 8.52. The average molecular weight is 441 g/mol. The number of benzene rings is 1. The summed E-state index contributed by atoms with van der Waals surface area (Å²) in [5.74, 6) is -0.885. The van der Waals surface area contributed by atoms with Crippen molar-refractivity contribution in [3.8, 4) is 5.75 Å². The third kappa shape index (κ3) is 10.3. The van der Waals surface area contributed by atoms with Crippen molar-refractivity contribution in [1.82, 2.24) is 10.6 Å². The molecule has 0 aliphatic heterocycles. The molecule has 31 heavy (non-hydrogen) atoms. The minimum Gasteiger partial charge on any atom is -0.486 e. The van der Waals surface area contributed by atoms with E-state index in [0.29, 0.717) is 12.2 Å². The molecule has 1 aromatic rings. The Bertz CT molecular complexity index is 743. The highest BCUT2D eigenvalue weighted by molar-refractivity contribution is 5.92. The van der Waals surface area contributed by atoms with E-state index in [4.69, 9.17) is 14.2 Å². The van der Waals surface area contributed by atoms with Crippen LogP contribution in [0.3, 0.4) is 0 Å². The third-order valence-electron chi connectivity index (χ3n) is 4.28. The van der Waals surface area contributed by atoms with Gasteiger partial charge in [0.05, 0.1) is 6.04 Å². The van der Waals surface area contributed by atoms with Gasteiger partial charge in [-0.25, -0.2) is 9.18 Å². The molecule has 2 N–H and O–H groups in total. The van der Waals surface area contributed by atoms with Gasteiger partial charge in [0.25, 0.3) is 5.91 Å². The molecule has 2 amide bonds. The summed E-state index contributed by atoms with van der Waals surface area (Å²) in [7, 11) is 1.40. The molecule has 0 radical (unpaired) electrons. The Balaban J connectivity index is 2.67. The normalized spacial score (nSPS) is 12.6. The van der Waals surface area contributed by atoms with Crippen molar-refractivity contribution < 1.29 is 33.0 Å². The maximum Gasteiger partial charge on any atom is 0.407 e. The van der Waals surface area contributed by atoms with E-state index in [1.54, 1.807) is 34.6 Å². The van der Waals surface area contributed by atoms with Gasteiger partial charge in [-0.05, 0) is 71.7 Å². The molecule has 0 saturated carbocycles. The first-order valence-corrected chi connectivity index (χ1v) is 10.1. The predicted molar refractivity (Wildman–Crippen MR) is 113 cm³/mol. The van der Waals surface area contributed by atoms with Crippen molar-refractivity contribution in [2.45, 2.75) is 64.7 Å². The summed E-state index contributed by atoms with van der Waals surface area (Å²) in [5.41, 5.74) is -1.73. The van der Waals surface area contributed by atoms with E-state index in [0.717, 1.165) is 0 Å². The lowest BCUT2D eigenvalue weighted by Crippen LogP contribution is -2.51.